The van der Waals surface area contributed by atoms with Gasteiger partial charge in [-0.3, -0.25) is 0 Å². The number of hydrogen-bond donors (Lipinski definition) is 1. The van der Waals surface area contributed by atoms with Crippen molar-refractivity contribution in [1.82, 2.24) is 19.9 Å². The third kappa shape index (κ3) is 3.87. The highest BCUT2D eigenvalue weighted by Gasteiger charge is 2.40. The minimum absolute atomic E-state index is 0.316. The average Bonchev–Trinajstić information content (AvgIpc) is 3.21. The third-order valence-electron chi connectivity index (χ3n) is 7.23. The van der Waals surface area contributed by atoms with E-state index in [2.05, 4.69) is 45.0 Å². The van der Waals surface area contributed by atoms with Crippen molar-refractivity contribution in [2.75, 3.05) is 23.7 Å². The topological polar surface area (TPSA) is 80.8 Å². The summed E-state index contributed by atoms with van der Waals surface area (Å²) < 4.78 is 0. The Hall–Kier alpha value is -2.90. The molecule has 2 N–H and O–H groups in total. The van der Waals surface area contributed by atoms with Gasteiger partial charge < -0.3 is 10.6 Å². The van der Waals surface area contributed by atoms with Crippen LogP contribution in [-0.4, -0.2) is 33.0 Å². The van der Waals surface area contributed by atoms with Crippen molar-refractivity contribution >= 4 is 46.2 Å². The van der Waals surface area contributed by atoms with Crippen LogP contribution < -0.4 is 10.6 Å². The molecule has 1 aliphatic heterocycles. The van der Waals surface area contributed by atoms with Crippen LogP contribution in [0.3, 0.4) is 0 Å². The van der Waals surface area contributed by atoms with Crippen molar-refractivity contribution in [2.45, 2.75) is 42.5 Å². The van der Waals surface area contributed by atoms with Gasteiger partial charge in [-0.2, -0.15) is 0 Å². The molecule has 1 spiro atoms. The molecular weight excluding hydrogens is 464 g/mol. The van der Waals surface area contributed by atoms with Crippen LogP contribution >= 0.6 is 23.4 Å². The highest BCUT2D eigenvalue weighted by molar-refractivity contribution is 7.99. The number of halogens is 1. The lowest BCUT2D eigenvalue weighted by Gasteiger charge is -2.40. The lowest BCUT2D eigenvalue weighted by molar-refractivity contribution is 0.232. The molecule has 0 atom stereocenters. The zero-order chi connectivity index (χ0) is 23.3. The molecule has 3 aromatic heterocycles. The molecule has 4 heterocycles. The van der Waals surface area contributed by atoms with E-state index in [-0.39, 0.29) is 0 Å². The molecule has 0 radical (unpaired) electrons. The molecule has 2 aliphatic rings. The lowest BCUT2D eigenvalue weighted by Crippen LogP contribution is -2.41. The fourth-order valence-corrected chi connectivity index (χ4v) is 6.35. The molecule has 0 saturated carbocycles. The number of nitrogen functional groups attached to an aromatic ring is 1. The van der Waals surface area contributed by atoms with E-state index in [4.69, 9.17) is 22.3 Å². The molecule has 0 amide bonds. The van der Waals surface area contributed by atoms with Crippen LogP contribution in [0.15, 0.2) is 58.7 Å². The summed E-state index contributed by atoms with van der Waals surface area (Å²) in [4.78, 5) is 21.4. The van der Waals surface area contributed by atoms with Gasteiger partial charge in [0.1, 0.15) is 22.2 Å². The molecule has 4 aromatic rings. The minimum Gasteiger partial charge on any atom is -0.382 e. The smallest absolute Gasteiger partial charge is 0.179 e. The molecule has 1 aliphatic carbocycles. The van der Waals surface area contributed by atoms with Gasteiger partial charge in [-0.25, -0.2) is 19.9 Å². The van der Waals surface area contributed by atoms with Crippen molar-refractivity contribution in [3.8, 4) is 0 Å². The molecule has 0 bridgehead atoms. The van der Waals surface area contributed by atoms with Crippen LogP contribution in [-0.2, 0) is 12.8 Å². The molecule has 172 valence electrons. The normalized spacial score (nSPS) is 16.8. The van der Waals surface area contributed by atoms with Gasteiger partial charge in [0.2, 0.25) is 0 Å². The second kappa shape index (κ2) is 8.40. The first kappa shape index (κ1) is 21.6. The maximum Gasteiger partial charge on any atom is 0.179 e. The summed E-state index contributed by atoms with van der Waals surface area (Å²) in [6, 6.07) is 12.5. The Morgan fingerprint density at radius 1 is 1.03 bits per heavy atom. The molecule has 8 heteroatoms. The molecular formula is C26H25ClN6S. The SMILES string of the molecule is Cc1cccc2c1CC1(CCN(c3cnc4nc(Sc5ccnc(N)c5Cl)ccc4n3)CC1)C2. The van der Waals surface area contributed by atoms with E-state index in [1.54, 1.807) is 17.3 Å². The summed E-state index contributed by atoms with van der Waals surface area (Å²) in [6.45, 7) is 4.27. The van der Waals surface area contributed by atoms with E-state index >= 15 is 0 Å². The third-order valence-corrected chi connectivity index (χ3v) is 8.74. The number of benzene rings is 1. The first-order chi connectivity index (χ1) is 16.5. The van der Waals surface area contributed by atoms with Crippen molar-refractivity contribution in [3.05, 3.63) is 70.5 Å². The Morgan fingerprint density at radius 3 is 2.71 bits per heavy atom. The highest BCUT2D eigenvalue weighted by atomic mass is 35.5. The van der Waals surface area contributed by atoms with Crippen LogP contribution in [0.25, 0.3) is 11.2 Å². The van der Waals surface area contributed by atoms with Gasteiger partial charge >= 0.3 is 0 Å². The molecule has 1 aromatic carbocycles. The summed E-state index contributed by atoms with van der Waals surface area (Å²) in [6.07, 6.45) is 8.29. The predicted octanol–water partition coefficient (Wildman–Crippen LogP) is 5.50. The van der Waals surface area contributed by atoms with Crippen LogP contribution in [0, 0.1) is 12.3 Å². The zero-order valence-corrected chi connectivity index (χ0v) is 20.5. The quantitative estimate of drug-likeness (QED) is 0.407. The lowest BCUT2D eigenvalue weighted by atomic mass is 9.76. The molecule has 34 heavy (non-hydrogen) atoms. The number of aromatic nitrogens is 4. The molecule has 6 nitrogen and oxygen atoms in total. The van der Waals surface area contributed by atoms with Crippen molar-refractivity contribution < 1.29 is 0 Å². The number of rotatable bonds is 3. The summed E-state index contributed by atoms with van der Waals surface area (Å²) in [5, 5.41) is 1.23. The largest absolute Gasteiger partial charge is 0.382 e. The fraction of sp³-hybridized carbons (Fsp3) is 0.308. The van der Waals surface area contributed by atoms with E-state index in [0.717, 1.165) is 34.3 Å². The summed E-state index contributed by atoms with van der Waals surface area (Å²) in [7, 11) is 0. The summed E-state index contributed by atoms with van der Waals surface area (Å²) in [5.41, 5.74) is 12.2. The first-order valence-electron chi connectivity index (χ1n) is 11.5. The molecule has 6 rings (SSSR count). The van der Waals surface area contributed by atoms with Gasteiger partial charge in [0, 0.05) is 24.2 Å². The number of pyridine rings is 2. The van der Waals surface area contributed by atoms with Gasteiger partial charge in [-0.1, -0.05) is 41.6 Å². The predicted molar refractivity (Wildman–Crippen MR) is 138 cm³/mol. The van der Waals surface area contributed by atoms with Gasteiger partial charge in [0.15, 0.2) is 5.65 Å². The van der Waals surface area contributed by atoms with Gasteiger partial charge in [-0.15, -0.1) is 0 Å². The zero-order valence-electron chi connectivity index (χ0n) is 19.0. The molecule has 1 fully saturated rings. The monoisotopic (exact) mass is 488 g/mol. The second-order valence-electron chi connectivity index (χ2n) is 9.38. The van der Waals surface area contributed by atoms with Gasteiger partial charge in [-0.05, 0) is 72.9 Å². The number of hydrogen-bond acceptors (Lipinski definition) is 7. The standard InChI is InChI=1S/C26H25ClN6S/c1-16-3-2-4-17-13-26(14-18(16)17)8-11-33(12-9-26)21-15-30-25-19(31-21)5-6-22(32-25)34-20-7-10-29-24(28)23(20)27/h2-7,10,15H,8-9,11-14H2,1H3,(H2,28,29). The number of piperidine rings is 1. The number of aryl methyl sites for hydroxylation is 1. The Bertz CT molecular complexity index is 1400. The highest BCUT2D eigenvalue weighted by Crippen LogP contribution is 2.46. The van der Waals surface area contributed by atoms with E-state index < -0.39 is 0 Å². The second-order valence-corrected chi connectivity index (χ2v) is 10.8. The Balaban J connectivity index is 1.17. The van der Waals surface area contributed by atoms with Crippen molar-refractivity contribution in [3.63, 3.8) is 0 Å². The summed E-state index contributed by atoms with van der Waals surface area (Å²) in [5.74, 6) is 1.25. The maximum absolute atomic E-state index is 6.28. The number of fused-ring (bicyclic) bond motifs is 2. The van der Waals surface area contributed by atoms with E-state index in [0.29, 0.717) is 21.9 Å². The first-order valence-corrected chi connectivity index (χ1v) is 12.7. The number of nitrogens with two attached hydrogens (primary N) is 1. The Morgan fingerprint density at radius 2 is 1.88 bits per heavy atom. The maximum atomic E-state index is 6.28. The van der Waals surface area contributed by atoms with E-state index in [9.17, 15) is 0 Å². The fourth-order valence-electron chi connectivity index (χ4n) is 5.31. The van der Waals surface area contributed by atoms with Crippen LogP contribution in [0.1, 0.15) is 29.5 Å². The van der Waals surface area contributed by atoms with E-state index in [1.165, 1.54) is 43.0 Å². The summed E-state index contributed by atoms with van der Waals surface area (Å²) >= 11 is 7.72. The number of anilines is 2. The Kier molecular flexibility index (Phi) is 5.34. The average molecular weight is 489 g/mol. The molecule has 1 saturated heterocycles. The van der Waals surface area contributed by atoms with E-state index in [1.807, 2.05) is 24.4 Å². The minimum atomic E-state index is 0.316. The van der Waals surface area contributed by atoms with Gasteiger partial charge in [0.25, 0.3) is 0 Å². The Labute approximate surface area is 208 Å². The van der Waals surface area contributed by atoms with Crippen LogP contribution in [0.4, 0.5) is 11.6 Å². The molecule has 0 unspecified atom stereocenters. The van der Waals surface area contributed by atoms with Crippen molar-refractivity contribution in [1.29, 1.82) is 0 Å². The van der Waals surface area contributed by atoms with Crippen molar-refractivity contribution in [2.24, 2.45) is 5.41 Å². The van der Waals surface area contributed by atoms with Crippen LogP contribution in [0.5, 0.6) is 0 Å². The van der Waals surface area contributed by atoms with Gasteiger partial charge in [0.05, 0.1) is 11.2 Å². The number of nitrogens with zero attached hydrogens (tertiary/aromatic N) is 5. The van der Waals surface area contributed by atoms with Crippen LogP contribution in [0.2, 0.25) is 5.02 Å².